The first-order chi connectivity index (χ1) is 19.5. The quantitative estimate of drug-likeness (QED) is 0.261. The van der Waals surface area contributed by atoms with Gasteiger partial charge in [-0.25, -0.2) is 0 Å². The van der Waals surface area contributed by atoms with Crippen molar-refractivity contribution in [1.82, 2.24) is 0 Å². The summed E-state index contributed by atoms with van der Waals surface area (Å²) >= 11 is 0. The molecule has 0 saturated carbocycles. The third kappa shape index (κ3) is 4.94. The Hall–Kier alpha value is -3.25. The molecule has 41 heavy (non-hydrogen) atoms. The van der Waals surface area contributed by atoms with E-state index in [0.717, 1.165) is 0 Å². The van der Waals surface area contributed by atoms with Crippen molar-refractivity contribution in [2.24, 2.45) is 5.92 Å². The van der Waals surface area contributed by atoms with Crippen LogP contribution in [0.25, 0.3) is 0 Å². The fourth-order valence-corrected chi connectivity index (χ4v) is 9.45. The summed E-state index contributed by atoms with van der Waals surface area (Å²) < 4.78 is 17.1. The standard InChI is InChI=1S/C30H38N2O8Si/c1-19-28(41(3,4)37)25(14-16-33)40-30(19)21-17-20(32-23-9-5-6-10-24(23)39-18-26(32)34)12-13-22(21)31(29(30)36)15-8-7-11-27(35)38-2/h5-6,9-10,12-13,17,19,25,28,33,37H,7-8,11,14-16,18H2,1-4H3/t19-,25+,28-,30+/m0/s1. The van der Waals surface area contributed by atoms with E-state index in [2.05, 4.69) is 0 Å². The smallest absolute Gasteiger partial charge is 0.305 e. The summed E-state index contributed by atoms with van der Waals surface area (Å²) in [7, 11) is -1.49. The van der Waals surface area contributed by atoms with Gasteiger partial charge in [0.15, 0.2) is 20.5 Å². The van der Waals surface area contributed by atoms with Crippen LogP contribution in [0.2, 0.25) is 18.6 Å². The highest BCUT2D eigenvalue weighted by Crippen LogP contribution is 2.60. The molecule has 2 aromatic rings. The minimum Gasteiger partial charge on any atom is -0.482 e. The molecule has 1 spiro atoms. The highest BCUT2D eigenvalue weighted by Gasteiger charge is 2.66. The number of carbonyl (C=O) groups is 3. The third-order valence-corrected chi connectivity index (χ3v) is 11.1. The SMILES string of the molecule is COC(=O)CCCCN1C(=O)[C@]2(O[C@H](CCO)[C@@H]([Si](C)(C)O)[C@@H]2C)c2cc(N3C(=O)COc4ccccc43)ccc21. The first-order valence-corrected chi connectivity index (χ1v) is 17.2. The number of amides is 2. The van der Waals surface area contributed by atoms with E-state index in [1.165, 1.54) is 7.11 Å². The molecule has 3 aliphatic heterocycles. The Morgan fingerprint density at radius 2 is 1.90 bits per heavy atom. The number of methoxy groups -OCH3 is 1. The van der Waals surface area contributed by atoms with E-state index in [1.807, 2.05) is 62.5 Å². The molecule has 0 bridgehead atoms. The van der Waals surface area contributed by atoms with Crippen LogP contribution in [-0.2, 0) is 29.5 Å². The first kappa shape index (κ1) is 29.2. The molecule has 0 radical (unpaired) electrons. The number of hydrogen-bond acceptors (Lipinski definition) is 8. The Balaban J connectivity index is 1.60. The predicted octanol–water partition coefficient (Wildman–Crippen LogP) is 3.61. The number of ether oxygens (including phenoxy) is 3. The number of esters is 1. The van der Waals surface area contributed by atoms with Crippen LogP contribution in [0.5, 0.6) is 5.75 Å². The molecular weight excluding hydrogens is 544 g/mol. The van der Waals surface area contributed by atoms with Crippen LogP contribution in [0.1, 0.15) is 38.2 Å². The van der Waals surface area contributed by atoms with Gasteiger partial charge in [0.25, 0.3) is 11.8 Å². The van der Waals surface area contributed by atoms with Crippen LogP contribution in [0, 0.1) is 5.92 Å². The average molecular weight is 583 g/mol. The van der Waals surface area contributed by atoms with Crippen LogP contribution in [0.15, 0.2) is 42.5 Å². The number of rotatable bonds is 9. The van der Waals surface area contributed by atoms with Gasteiger partial charge in [0, 0.05) is 42.3 Å². The molecule has 1 saturated heterocycles. The van der Waals surface area contributed by atoms with Gasteiger partial charge in [-0.2, -0.15) is 0 Å². The number of aliphatic hydroxyl groups excluding tert-OH is 1. The average Bonchev–Trinajstić information content (AvgIpc) is 3.37. The highest BCUT2D eigenvalue weighted by molar-refractivity contribution is 6.71. The number of unbranched alkanes of at least 4 members (excludes halogenated alkanes) is 1. The zero-order valence-corrected chi connectivity index (χ0v) is 25.0. The Morgan fingerprint density at radius 3 is 2.61 bits per heavy atom. The Bertz CT molecular complexity index is 1340. The maximum absolute atomic E-state index is 14.4. The molecule has 3 aliphatic rings. The largest absolute Gasteiger partial charge is 0.482 e. The first-order valence-electron chi connectivity index (χ1n) is 14.1. The summed E-state index contributed by atoms with van der Waals surface area (Å²) in [5.41, 5.74) is 0.823. The number of fused-ring (bicyclic) bond motifs is 3. The molecule has 4 atom stereocenters. The molecule has 2 aromatic carbocycles. The molecule has 0 aliphatic carbocycles. The van der Waals surface area contributed by atoms with Crippen molar-refractivity contribution in [3.05, 3.63) is 48.0 Å². The molecule has 0 aromatic heterocycles. The van der Waals surface area contributed by atoms with E-state index in [4.69, 9.17) is 14.2 Å². The zero-order chi connectivity index (χ0) is 29.5. The zero-order valence-electron chi connectivity index (χ0n) is 24.0. The van der Waals surface area contributed by atoms with E-state index in [9.17, 15) is 24.3 Å². The minimum atomic E-state index is -2.85. The van der Waals surface area contributed by atoms with Crippen LogP contribution >= 0.6 is 0 Å². The van der Waals surface area contributed by atoms with Gasteiger partial charge in [0.2, 0.25) is 0 Å². The Morgan fingerprint density at radius 1 is 1.15 bits per heavy atom. The Labute approximate surface area is 240 Å². The van der Waals surface area contributed by atoms with Crippen molar-refractivity contribution in [2.45, 2.75) is 62.9 Å². The van der Waals surface area contributed by atoms with E-state index in [0.29, 0.717) is 54.2 Å². The van der Waals surface area contributed by atoms with Gasteiger partial charge >= 0.3 is 5.97 Å². The Kier molecular flexibility index (Phi) is 7.99. The third-order valence-electron chi connectivity index (χ3n) is 8.59. The van der Waals surface area contributed by atoms with E-state index < -0.39 is 20.0 Å². The van der Waals surface area contributed by atoms with E-state index in [-0.39, 0.29) is 48.9 Å². The number of benzene rings is 2. The second kappa shape index (κ2) is 11.2. The lowest BCUT2D eigenvalue weighted by atomic mass is 9.82. The summed E-state index contributed by atoms with van der Waals surface area (Å²) in [6, 6.07) is 12.8. The summed E-state index contributed by atoms with van der Waals surface area (Å²) in [5.74, 6) is -0.561. The molecular formula is C30H38N2O8Si. The summed E-state index contributed by atoms with van der Waals surface area (Å²) in [4.78, 5) is 53.8. The summed E-state index contributed by atoms with van der Waals surface area (Å²) in [5, 5.41) is 9.85. The maximum Gasteiger partial charge on any atom is 0.305 e. The van der Waals surface area contributed by atoms with Gasteiger partial charge in [-0.1, -0.05) is 19.1 Å². The lowest BCUT2D eigenvalue weighted by Crippen LogP contribution is -2.46. The molecule has 2 amide bonds. The van der Waals surface area contributed by atoms with Crippen LogP contribution < -0.4 is 14.5 Å². The van der Waals surface area contributed by atoms with Gasteiger partial charge in [-0.3, -0.25) is 19.3 Å². The molecule has 220 valence electrons. The van der Waals surface area contributed by atoms with Crippen LogP contribution in [0.4, 0.5) is 17.1 Å². The van der Waals surface area contributed by atoms with Crippen molar-refractivity contribution in [3.63, 3.8) is 0 Å². The van der Waals surface area contributed by atoms with E-state index >= 15 is 0 Å². The molecule has 3 heterocycles. The number of para-hydroxylation sites is 2. The van der Waals surface area contributed by atoms with Crippen LogP contribution in [-0.4, -0.2) is 69.0 Å². The van der Waals surface area contributed by atoms with Crippen molar-refractivity contribution >= 4 is 43.2 Å². The predicted molar refractivity (Wildman–Crippen MR) is 155 cm³/mol. The number of nitrogens with zero attached hydrogens (tertiary/aromatic N) is 2. The highest BCUT2D eigenvalue weighted by atomic mass is 28.4. The number of hydrogen-bond donors (Lipinski definition) is 2. The van der Waals surface area contributed by atoms with Gasteiger partial charge in [0.05, 0.1) is 24.6 Å². The minimum absolute atomic E-state index is 0.109. The molecule has 2 N–H and O–H groups in total. The molecule has 0 unspecified atom stereocenters. The van der Waals surface area contributed by atoms with Gasteiger partial charge in [-0.15, -0.1) is 0 Å². The monoisotopic (exact) mass is 582 g/mol. The maximum atomic E-state index is 14.4. The fraction of sp³-hybridized carbons (Fsp3) is 0.500. The molecule has 1 fully saturated rings. The van der Waals surface area contributed by atoms with E-state index in [1.54, 1.807) is 9.80 Å². The second-order valence-corrected chi connectivity index (χ2v) is 15.5. The number of anilines is 3. The molecule has 5 rings (SSSR count). The van der Waals surface area contributed by atoms with Crippen molar-refractivity contribution in [1.29, 1.82) is 0 Å². The summed E-state index contributed by atoms with van der Waals surface area (Å²) in [6.07, 6.45) is 1.17. The van der Waals surface area contributed by atoms with Crippen molar-refractivity contribution < 1.29 is 38.5 Å². The van der Waals surface area contributed by atoms with Crippen molar-refractivity contribution in [3.8, 4) is 5.75 Å². The van der Waals surface area contributed by atoms with Gasteiger partial charge in [0.1, 0.15) is 5.75 Å². The summed E-state index contributed by atoms with van der Waals surface area (Å²) in [6.45, 7) is 5.75. The fourth-order valence-electron chi connectivity index (χ4n) is 6.85. The second-order valence-electron chi connectivity index (χ2n) is 11.5. The number of carbonyl (C=O) groups excluding carboxylic acids is 3. The van der Waals surface area contributed by atoms with Gasteiger partial charge in [-0.05, 0) is 62.7 Å². The topological polar surface area (TPSA) is 126 Å². The van der Waals surface area contributed by atoms with Crippen LogP contribution in [0.3, 0.4) is 0 Å². The lowest BCUT2D eigenvalue weighted by Gasteiger charge is -2.33. The normalized spacial score (nSPS) is 25.4. The van der Waals surface area contributed by atoms with Gasteiger partial charge < -0.3 is 29.0 Å². The van der Waals surface area contributed by atoms with Crippen molar-refractivity contribution in [2.75, 3.05) is 36.7 Å². The molecule has 11 heteroatoms. The molecule has 10 nitrogen and oxygen atoms in total. The number of aliphatic hydroxyl groups is 1. The lowest BCUT2D eigenvalue weighted by molar-refractivity contribution is -0.146.